The van der Waals surface area contributed by atoms with Crippen molar-refractivity contribution in [3.8, 4) is 0 Å². The zero-order chi connectivity index (χ0) is 24.4. The summed E-state index contributed by atoms with van der Waals surface area (Å²) in [5, 5.41) is 6.19. The Kier molecular flexibility index (Phi) is 10.4. The lowest BCUT2D eigenvalue weighted by atomic mass is 9.90. The second-order valence-electron chi connectivity index (χ2n) is 9.75. The molecular weight excluding hydrogens is 450 g/mol. The molecule has 2 N–H and O–H groups in total. The summed E-state index contributed by atoms with van der Waals surface area (Å²) in [6.45, 7) is 2.60. The highest BCUT2D eigenvalue weighted by molar-refractivity contribution is 7.89. The highest BCUT2D eigenvalue weighted by atomic mass is 32.2. The second-order valence-corrected chi connectivity index (χ2v) is 11.8. The van der Waals surface area contributed by atoms with E-state index in [2.05, 4.69) is 17.6 Å². The molecule has 1 aromatic carbocycles. The van der Waals surface area contributed by atoms with Crippen molar-refractivity contribution >= 4 is 21.8 Å². The van der Waals surface area contributed by atoms with Crippen LogP contribution in [0.5, 0.6) is 0 Å². The molecule has 3 rings (SSSR count). The van der Waals surface area contributed by atoms with Crippen molar-refractivity contribution in [3.05, 3.63) is 35.9 Å². The summed E-state index contributed by atoms with van der Waals surface area (Å²) in [6.07, 6.45) is 10.7. The molecular formula is C26H41N3O4S. The van der Waals surface area contributed by atoms with Crippen LogP contribution in [0.1, 0.15) is 94.3 Å². The van der Waals surface area contributed by atoms with Gasteiger partial charge in [0.2, 0.25) is 15.9 Å². The average molecular weight is 492 g/mol. The largest absolute Gasteiger partial charge is 0.352 e. The standard InChI is InChI=1S/C26H41N3O4S/c1-2-3-4-5-6-10-20-34(32,33)29-19-11-14-24(29)26(31)28-23-17-15-22(16-18-23)27-25(30)21-12-8-7-9-13-21/h7-9,12-13,22-24H,2-6,10-11,14-20H2,1H3,(H,27,30)(H,28,31)/t22?,23?,24-/m1/s1. The molecule has 7 nitrogen and oxygen atoms in total. The Morgan fingerprint density at radius 1 is 0.882 bits per heavy atom. The van der Waals surface area contributed by atoms with E-state index >= 15 is 0 Å². The van der Waals surface area contributed by atoms with E-state index in [1.807, 2.05) is 18.2 Å². The Labute approximate surface area is 205 Å². The number of unbranched alkanes of at least 4 members (excludes halogenated alkanes) is 5. The highest BCUT2D eigenvalue weighted by Gasteiger charge is 2.39. The van der Waals surface area contributed by atoms with Crippen molar-refractivity contribution < 1.29 is 18.0 Å². The second kappa shape index (κ2) is 13.2. The maximum Gasteiger partial charge on any atom is 0.251 e. The monoisotopic (exact) mass is 491 g/mol. The summed E-state index contributed by atoms with van der Waals surface area (Å²) in [7, 11) is -3.41. The first-order chi connectivity index (χ1) is 16.4. The number of nitrogens with zero attached hydrogens (tertiary/aromatic N) is 1. The van der Waals surface area contributed by atoms with Crippen molar-refractivity contribution in [1.82, 2.24) is 14.9 Å². The summed E-state index contributed by atoms with van der Waals surface area (Å²) in [6, 6.07) is 8.73. The summed E-state index contributed by atoms with van der Waals surface area (Å²) in [5.41, 5.74) is 0.654. The smallest absolute Gasteiger partial charge is 0.251 e. The molecule has 1 saturated heterocycles. The van der Waals surface area contributed by atoms with Crippen LogP contribution in [0.25, 0.3) is 0 Å². The molecule has 1 atom stereocenters. The topological polar surface area (TPSA) is 95.6 Å². The molecule has 1 aromatic rings. The fourth-order valence-electron chi connectivity index (χ4n) is 5.05. The van der Waals surface area contributed by atoms with Gasteiger partial charge < -0.3 is 10.6 Å². The van der Waals surface area contributed by atoms with Gasteiger partial charge in [0, 0.05) is 24.2 Å². The van der Waals surface area contributed by atoms with Crippen molar-refractivity contribution in [1.29, 1.82) is 0 Å². The maximum absolute atomic E-state index is 13.0. The van der Waals surface area contributed by atoms with Gasteiger partial charge in [-0.2, -0.15) is 4.31 Å². The number of sulfonamides is 1. The van der Waals surface area contributed by atoms with E-state index in [-0.39, 0.29) is 29.7 Å². The molecule has 0 bridgehead atoms. The summed E-state index contributed by atoms with van der Waals surface area (Å²) < 4.78 is 27.2. The maximum atomic E-state index is 13.0. The van der Waals surface area contributed by atoms with E-state index < -0.39 is 16.1 Å². The van der Waals surface area contributed by atoms with Crippen LogP contribution >= 0.6 is 0 Å². The lowest BCUT2D eigenvalue weighted by molar-refractivity contribution is -0.125. The van der Waals surface area contributed by atoms with Crippen LogP contribution in [0.15, 0.2) is 30.3 Å². The Hall–Kier alpha value is -1.93. The van der Waals surface area contributed by atoms with Gasteiger partial charge in [0.05, 0.1) is 5.75 Å². The van der Waals surface area contributed by atoms with Gasteiger partial charge >= 0.3 is 0 Å². The summed E-state index contributed by atoms with van der Waals surface area (Å²) in [5.74, 6) is -0.0965. The fraction of sp³-hybridized carbons (Fsp3) is 0.692. The molecule has 2 aliphatic rings. The van der Waals surface area contributed by atoms with Crippen LogP contribution in [0, 0.1) is 0 Å². The van der Waals surface area contributed by atoms with Gasteiger partial charge in [-0.3, -0.25) is 9.59 Å². The van der Waals surface area contributed by atoms with Gasteiger partial charge in [0.1, 0.15) is 6.04 Å². The van der Waals surface area contributed by atoms with Crippen molar-refractivity contribution in [2.75, 3.05) is 12.3 Å². The van der Waals surface area contributed by atoms with Crippen molar-refractivity contribution in [2.24, 2.45) is 0 Å². The van der Waals surface area contributed by atoms with Gasteiger partial charge in [0.25, 0.3) is 5.91 Å². The minimum absolute atomic E-state index is 0.0288. The van der Waals surface area contributed by atoms with Crippen LogP contribution in [0.4, 0.5) is 0 Å². The molecule has 2 fully saturated rings. The molecule has 0 spiro atoms. The van der Waals surface area contributed by atoms with Crippen LogP contribution in [-0.4, -0.2) is 55.0 Å². The molecule has 8 heteroatoms. The van der Waals surface area contributed by atoms with E-state index in [0.717, 1.165) is 51.4 Å². The minimum Gasteiger partial charge on any atom is -0.352 e. The van der Waals surface area contributed by atoms with Crippen molar-refractivity contribution in [2.45, 2.75) is 102 Å². The predicted molar refractivity (Wildman–Crippen MR) is 135 cm³/mol. The number of carbonyl (C=O) groups excluding carboxylic acids is 2. The van der Waals surface area contributed by atoms with Gasteiger partial charge in [-0.1, -0.05) is 57.2 Å². The van der Waals surface area contributed by atoms with E-state index in [0.29, 0.717) is 24.9 Å². The number of amides is 2. The first-order valence-corrected chi connectivity index (χ1v) is 14.7. The number of rotatable bonds is 12. The molecule has 0 unspecified atom stereocenters. The zero-order valence-electron chi connectivity index (χ0n) is 20.5. The quantitative estimate of drug-likeness (QED) is 0.432. The third-order valence-electron chi connectivity index (χ3n) is 7.06. The lowest BCUT2D eigenvalue weighted by Gasteiger charge is -2.31. The third kappa shape index (κ3) is 7.80. The van der Waals surface area contributed by atoms with Gasteiger partial charge in [0.15, 0.2) is 0 Å². The number of carbonyl (C=O) groups is 2. The number of benzene rings is 1. The van der Waals surface area contributed by atoms with Crippen LogP contribution < -0.4 is 10.6 Å². The van der Waals surface area contributed by atoms with E-state index in [1.54, 1.807) is 12.1 Å². The number of hydrogen-bond acceptors (Lipinski definition) is 4. The van der Waals surface area contributed by atoms with Gasteiger partial charge in [-0.05, 0) is 57.1 Å². The third-order valence-corrected chi connectivity index (χ3v) is 9.02. The number of nitrogens with one attached hydrogen (secondary N) is 2. The van der Waals surface area contributed by atoms with Gasteiger partial charge in [-0.15, -0.1) is 0 Å². The zero-order valence-corrected chi connectivity index (χ0v) is 21.3. The van der Waals surface area contributed by atoms with Crippen LogP contribution in [-0.2, 0) is 14.8 Å². The molecule has 0 aromatic heterocycles. The molecule has 1 saturated carbocycles. The Morgan fingerprint density at radius 2 is 1.50 bits per heavy atom. The van der Waals surface area contributed by atoms with Crippen molar-refractivity contribution in [3.63, 3.8) is 0 Å². The Balaban J connectivity index is 1.42. The normalized spacial score (nSPS) is 23.5. The molecule has 1 aliphatic carbocycles. The molecule has 0 radical (unpaired) electrons. The molecule has 190 valence electrons. The molecule has 34 heavy (non-hydrogen) atoms. The molecule has 2 amide bonds. The summed E-state index contributed by atoms with van der Waals surface area (Å²) in [4.78, 5) is 25.3. The first-order valence-electron chi connectivity index (χ1n) is 13.1. The Bertz CT molecular complexity index is 883. The Morgan fingerprint density at radius 3 is 2.18 bits per heavy atom. The fourth-order valence-corrected chi connectivity index (χ4v) is 6.85. The lowest BCUT2D eigenvalue weighted by Crippen LogP contribution is -2.51. The first kappa shape index (κ1) is 26.7. The summed E-state index contributed by atoms with van der Waals surface area (Å²) >= 11 is 0. The van der Waals surface area contributed by atoms with Crippen LogP contribution in [0.3, 0.4) is 0 Å². The molecule has 1 aliphatic heterocycles. The van der Waals surface area contributed by atoms with E-state index in [9.17, 15) is 18.0 Å². The average Bonchev–Trinajstić information content (AvgIpc) is 3.34. The van der Waals surface area contributed by atoms with Gasteiger partial charge in [-0.25, -0.2) is 8.42 Å². The SMILES string of the molecule is CCCCCCCCS(=O)(=O)N1CCC[C@@H]1C(=O)NC1CCC(NC(=O)c2ccccc2)CC1. The number of hydrogen-bond donors (Lipinski definition) is 2. The van der Waals surface area contributed by atoms with Crippen LogP contribution in [0.2, 0.25) is 0 Å². The molecule has 1 heterocycles. The highest BCUT2D eigenvalue weighted by Crippen LogP contribution is 2.24. The minimum atomic E-state index is -3.41. The van der Waals surface area contributed by atoms with E-state index in [4.69, 9.17) is 0 Å². The predicted octanol–water partition coefficient (Wildman–Crippen LogP) is 4.00. The van der Waals surface area contributed by atoms with E-state index in [1.165, 1.54) is 17.1 Å².